The van der Waals surface area contributed by atoms with Gasteiger partial charge in [0.2, 0.25) is 0 Å². The van der Waals surface area contributed by atoms with Gasteiger partial charge >= 0.3 is 0 Å². The highest BCUT2D eigenvalue weighted by Crippen LogP contribution is 2.25. The van der Waals surface area contributed by atoms with Gasteiger partial charge in [-0.05, 0) is 56.4 Å². The molecule has 0 atom stereocenters. The predicted octanol–water partition coefficient (Wildman–Crippen LogP) is 3.58. The molecule has 0 aliphatic heterocycles. The van der Waals surface area contributed by atoms with Gasteiger partial charge in [-0.15, -0.1) is 0 Å². The number of benzene rings is 2. The Kier molecular flexibility index (Phi) is 5.23. The third-order valence-electron chi connectivity index (χ3n) is 4.28. The summed E-state index contributed by atoms with van der Waals surface area (Å²) in [6.07, 6.45) is 0.0443. The molecule has 0 bridgehead atoms. The number of Topliss-reactive ketones (excluding diaryl/α,β-unsaturated/α-hetero) is 1. The van der Waals surface area contributed by atoms with Crippen molar-refractivity contribution in [1.82, 2.24) is 9.78 Å². The van der Waals surface area contributed by atoms with Crippen molar-refractivity contribution < 1.29 is 15.0 Å². The molecule has 3 N–H and O–H groups in total. The Morgan fingerprint density at radius 1 is 1.15 bits per heavy atom. The Labute approximate surface area is 162 Å². The number of aryl methyl sites for hydroxylation is 1. The van der Waals surface area contributed by atoms with E-state index < -0.39 is 0 Å². The van der Waals surface area contributed by atoms with Crippen LogP contribution in [0.3, 0.4) is 0 Å². The SMILES string of the molecule is Cc1nn(C(=S)Nc2ccccc2)c(C)c1CC(=O)c1cc(O)ccc1O. The molecule has 0 spiro atoms. The van der Waals surface area contributed by atoms with Gasteiger partial charge < -0.3 is 15.5 Å². The van der Waals surface area contributed by atoms with Crippen molar-refractivity contribution in [1.29, 1.82) is 0 Å². The first-order valence-corrected chi connectivity index (χ1v) is 8.74. The van der Waals surface area contributed by atoms with Gasteiger partial charge in [-0.1, -0.05) is 18.2 Å². The van der Waals surface area contributed by atoms with E-state index in [1.807, 2.05) is 37.3 Å². The van der Waals surface area contributed by atoms with Crippen molar-refractivity contribution in [3.05, 3.63) is 71.0 Å². The van der Waals surface area contributed by atoms with Gasteiger partial charge in [0.15, 0.2) is 10.9 Å². The lowest BCUT2D eigenvalue weighted by Gasteiger charge is -2.10. The van der Waals surface area contributed by atoms with Crippen LogP contribution in [0.4, 0.5) is 5.69 Å². The van der Waals surface area contributed by atoms with Crippen LogP contribution in [0.2, 0.25) is 0 Å². The zero-order chi connectivity index (χ0) is 19.6. The Morgan fingerprint density at radius 2 is 1.85 bits per heavy atom. The molecule has 1 aromatic heterocycles. The molecule has 0 radical (unpaired) electrons. The summed E-state index contributed by atoms with van der Waals surface area (Å²) in [5.74, 6) is -0.550. The minimum atomic E-state index is -0.309. The minimum Gasteiger partial charge on any atom is -0.508 e. The van der Waals surface area contributed by atoms with Crippen molar-refractivity contribution in [2.75, 3.05) is 5.32 Å². The first-order chi connectivity index (χ1) is 12.9. The van der Waals surface area contributed by atoms with E-state index in [4.69, 9.17) is 12.2 Å². The molecule has 0 aliphatic carbocycles. The van der Waals surface area contributed by atoms with Crippen LogP contribution >= 0.6 is 12.2 Å². The van der Waals surface area contributed by atoms with E-state index in [0.29, 0.717) is 10.8 Å². The van der Waals surface area contributed by atoms with Crippen molar-refractivity contribution in [3.8, 4) is 11.5 Å². The van der Waals surface area contributed by atoms with E-state index >= 15 is 0 Å². The quantitative estimate of drug-likeness (QED) is 0.364. The van der Waals surface area contributed by atoms with Crippen LogP contribution in [0.15, 0.2) is 48.5 Å². The molecule has 0 saturated heterocycles. The highest BCUT2D eigenvalue weighted by Gasteiger charge is 2.20. The lowest BCUT2D eigenvalue weighted by Crippen LogP contribution is -2.21. The summed E-state index contributed by atoms with van der Waals surface area (Å²) >= 11 is 5.44. The molecule has 0 aliphatic rings. The number of ketones is 1. The molecular weight excluding hydrogens is 362 g/mol. The zero-order valence-electron chi connectivity index (χ0n) is 14.9. The van der Waals surface area contributed by atoms with Gasteiger partial charge in [-0.2, -0.15) is 5.10 Å². The second-order valence-corrected chi connectivity index (χ2v) is 6.55. The average molecular weight is 381 g/mol. The van der Waals surface area contributed by atoms with Gasteiger partial charge in [-0.3, -0.25) is 4.79 Å². The van der Waals surface area contributed by atoms with E-state index in [9.17, 15) is 15.0 Å². The van der Waals surface area contributed by atoms with Crippen LogP contribution in [0, 0.1) is 13.8 Å². The molecule has 2 aromatic carbocycles. The van der Waals surface area contributed by atoms with Crippen molar-refractivity contribution in [3.63, 3.8) is 0 Å². The van der Waals surface area contributed by atoms with E-state index in [2.05, 4.69) is 10.4 Å². The van der Waals surface area contributed by atoms with Crippen LogP contribution in [0.5, 0.6) is 11.5 Å². The summed E-state index contributed by atoms with van der Waals surface area (Å²) in [5.41, 5.74) is 3.08. The summed E-state index contributed by atoms with van der Waals surface area (Å²) in [6, 6.07) is 13.4. The number of hydrogen-bond donors (Lipinski definition) is 3. The molecule has 0 amide bonds. The lowest BCUT2D eigenvalue weighted by atomic mass is 10.0. The largest absolute Gasteiger partial charge is 0.508 e. The zero-order valence-corrected chi connectivity index (χ0v) is 15.7. The van der Waals surface area contributed by atoms with Crippen molar-refractivity contribution >= 4 is 28.8 Å². The number of carbonyl (C=O) groups excluding carboxylic acids is 1. The van der Waals surface area contributed by atoms with Gasteiger partial charge in [0, 0.05) is 23.4 Å². The standard InChI is InChI=1S/C20H19N3O3S/c1-12-16(11-19(26)17-10-15(24)8-9-18(17)25)13(2)23(22-12)20(27)21-14-6-4-3-5-7-14/h3-10,24-25H,11H2,1-2H3,(H,21,27). The van der Waals surface area contributed by atoms with Gasteiger partial charge in [-0.25, -0.2) is 4.68 Å². The number of thiocarbonyl (C=S) groups is 1. The number of nitrogens with one attached hydrogen (secondary N) is 1. The second-order valence-electron chi connectivity index (χ2n) is 6.16. The minimum absolute atomic E-state index is 0.0443. The maximum absolute atomic E-state index is 12.6. The first-order valence-electron chi connectivity index (χ1n) is 8.33. The third kappa shape index (κ3) is 3.98. The van der Waals surface area contributed by atoms with E-state index in [-0.39, 0.29) is 29.3 Å². The fraction of sp³-hybridized carbons (Fsp3) is 0.150. The molecule has 3 rings (SSSR count). The normalized spacial score (nSPS) is 10.6. The van der Waals surface area contributed by atoms with Crippen molar-refractivity contribution in [2.24, 2.45) is 0 Å². The molecule has 0 fully saturated rings. The monoisotopic (exact) mass is 381 g/mol. The van der Waals surface area contributed by atoms with Gasteiger partial charge in [0.05, 0.1) is 11.3 Å². The molecular formula is C20H19N3O3S. The van der Waals surface area contributed by atoms with Crippen LogP contribution < -0.4 is 5.32 Å². The molecule has 0 unspecified atom stereocenters. The number of phenolic OH excluding ortho intramolecular Hbond substituents is 2. The maximum atomic E-state index is 12.6. The average Bonchev–Trinajstić information content (AvgIpc) is 2.92. The van der Waals surface area contributed by atoms with E-state index in [0.717, 1.165) is 16.9 Å². The highest BCUT2D eigenvalue weighted by atomic mass is 32.1. The lowest BCUT2D eigenvalue weighted by molar-refractivity contribution is 0.0989. The van der Waals surface area contributed by atoms with Gasteiger partial charge in [0.1, 0.15) is 11.5 Å². The first kappa shape index (κ1) is 18.6. The number of carbonyl (C=O) groups is 1. The number of anilines is 1. The van der Waals surface area contributed by atoms with Crippen LogP contribution in [0.1, 0.15) is 27.3 Å². The number of hydrogen-bond acceptors (Lipinski definition) is 5. The third-order valence-corrected chi connectivity index (χ3v) is 4.55. The van der Waals surface area contributed by atoms with Crippen LogP contribution in [-0.2, 0) is 6.42 Å². The summed E-state index contributed by atoms with van der Waals surface area (Å²) in [4.78, 5) is 12.6. The second kappa shape index (κ2) is 7.59. The van der Waals surface area contributed by atoms with Gasteiger partial charge in [0.25, 0.3) is 0 Å². The summed E-state index contributed by atoms with van der Waals surface area (Å²) in [5, 5.41) is 27.4. The van der Waals surface area contributed by atoms with E-state index in [1.165, 1.54) is 18.2 Å². The number of nitrogens with zero attached hydrogens (tertiary/aromatic N) is 2. The number of rotatable bonds is 4. The fourth-order valence-corrected chi connectivity index (χ4v) is 3.13. The van der Waals surface area contributed by atoms with E-state index in [1.54, 1.807) is 11.6 Å². The molecule has 3 aromatic rings. The van der Waals surface area contributed by atoms with Crippen LogP contribution in [0.25, 0.3) is 0 Å². The molecule has 6 nitrogen and oxygen atoms in total. The molecule has 1 heterocycles. The molecule has 27 heavy (non-hydrogen) atoms. The number of aromatic hydroxyl groups is 2. The highest BCUT2D eigenvalue weighted by molar-refractivity contribution is 7.80. The predicted molar refractivity (Wildman–Crippen MR) is 108 cm³/mol. The maximum Gasteiger partial charge on any atom is 0.198 e. The molecule has 7 heteroatoms. The Bertz CT molecular complexity index is 1010. The molecule has 0 saturated carbocycles. The fourth-order valence-electron chi connectivity index (χ4n) is 2.83. The number of para-hydroxylation sites is 1. The summed E-state index contributed by atoms with van der Waals surface area (Å²) in [7, 11) is 0. The number of phenols is 2. The Morgan fingerprint density at radius 3 is 2.56 bits per heavy atom. The smallest absolute Gasteiger partial charge is 0.198 e. The topological polar surface area (TPSA) is 87.4 Å². The number of aromatic nitrogens is 2. The molecule has 138 valence electrons. The summed E-state index contributed by atoms with van der Waals surface area (Å²) < 4.78 is 1.59. The Hall–Kier alpha value is -3.19. The van der Waals surface area contributed by atoms with Crippen molar-refractivity contribution in [2.45, 2.75) is 20.3 Å². The van der Waals surface area contributed by atoms with Crippen LogP contribution in [-0.4, -0.2) is 30.9 Å². The summed E-state index contributed by atoms with van der Waals surface area (Å²) in [6.45, 7) is 3.64. The Balaban J connectivity index is 1.84.